The number of amides is 1. The van der Waals surface area contributed by atoms with Gasteiger partial charge < -0.3 is 5.73 Å². The molecule has 0 fully saturated rings. The lowest BCUT2D eigenvalue weighted by Gasteiger charge is -2.05. The Morgan fingerprint density at radius 1 is 1.13 bits per heavy atom. The van der Waals surface area contributed by atoms with Gasteiger partial charge in [-0.05, 0) is 28.0 Å². The van der Waals surface area contributed by atoms with E-state index in [4.69, 9.17) is 28.9 Å². The fourth-order valence-corrected chi connectivity index (χ4v) is 2.89. The van der Waals surface area contributed by atoms with Crippen molar-refractivity contribution in [2.45, 2.75) is 0 Å². The number of nitrogens with zero attached hydrogens (tertiary/aromatic N) is 6. The van der Waals surface area contributed by atoms with Gasteiger partial charge in [0.05, 0.1) is 16.3 Å². The second-order valence-electron chi connectivity index (χ2n) is 5.91. The van der Waals surface area contributed by atoms with Gasteiger partial charge in [0.1, 0.15) is 5.69 Å². The summed E-state index contributed by atoms with van der Waals surface area (Å²) in [4.78, 5) is 12.7. The molecule has 2 heterocycles. The van der Waals surface area contributed by atoms with Crippen molar-refractivity contribution in [3.8, 4) is 17.1 Å². The van der Waals surface area contributed by atoms with Crippen LogP contribution >= 0.6 is 23.2 Å². The first-order valence-corrected chi connectivity index (χ1v) is 9.18. The van der Waals surface area contributed by atoms with Gasteiger partial charge in [0.15, 0.2) is 5.69 Å². The molecule has 0 aliphatic heterocycles. The minimum atomic E-state index is -0.591. The molecular formula is C18H12Cl2N8O2. The van der Waals surface area contributed by atoms with Crippen molar-refractivity contribution in [3.63, 3.8) is 0 Å². The van der Waals surface area contributed by atoms with Crippen LogP contribution in [0.5, 0.6) is 0 Å². The summed E-state index contributed by atoms with van der Waals surface area (Å²) in [7, 11) is 0. The highest BCUT2D eigenvalue weighted by Crippen LogP contribution is 2.26. The molecule has 1 amide bonds. The van der Waals surface area contributed by atoms with Crippen molar-refractivity contribution in [1.29, 1.82) is 0 Å². The average molecular weight is 443 g/mol. The summed E-state index contributed by atoms with van der Waals surface area (Å²) in [6.07, 6.45) is 1.42. The van der Waals surface area contributed by atoms with Gasteiger partial charge in [-0.15, -0.1) is 5.10 Å². The fourth-order valence-electron chi connectivity index (χ4n) is 2.59. The maximum atomic E-state index is 12.7. The number of rotatable bonds is 5. The third-order valence-corrected chi connectivity index (χ3v) is 4.69. The summed E-state index contributed by atoms with van der Waals surface area (Å²) in [5, 5.41) is 19.9. The molecule has 2 aromatic carbocycles. The van der Waals surface area contributed by atoms with Gasteiger partial charge in [-0.1, -0.05) is 64.8 Å². The summed E-state index contributed by atoms with van der Waals surface area (Å²) in [5.41, 5.74) is 9.85. The molecule has 0 saturated carbocycles. The van der Waals surface area contributed by atoms with Crippen LogP contribution in [-0.2, 0) is 0 Å². The Bertz CT molecular complexity index is 1240. The largest absolute Gasteiger partial charge is 0.378 e. The monoisotopic (exact) mass is 442 g/mol. The van der Waals surface area contributed by atoms with E-state index in [0.29, 0.717) is 26.9 Å². The van der Waals surface area contributed by atoms with Crippen LogP contribution < -0.4 is 11.2 Å². The Morgan fingerprint density at radius 2 is 1.93 bits per heavy atom. The van der Waals surface area contributed by atoms with Crippen LogP contribution in [-0.4, -0.2) is 37.4 Å². The van der Waals surface area contributed by atoms with Crippen LogP contribution in [0.3, 0.4) is 0 Å². The van der Waals surface area contributed by atoms with Gasteiger partial charge >= 0.3 is 0 Å². The predicted molar refractivity (Wildman–Crippen MR) is 111 cm³/mol. The normalized spacial score (nSPS) is 11.1. The number of carbonyl (C=O) groups is 1. The van der Waals surface area contributed by atoms with E-state index >= 15 is 0 Å². The third-order valence-electron chi connectivity index (χ3n) is 3.95. The van der Waals surface area contributed by atoms with Crippen LogP contribution in [0.25, 0.3) is 17.1 Å². The minimum absolute atomic E-state index is 0.00155. The van der Waals surface area contributed by atoms with Crippen molar-refractivity contribution < 1.29 is 9.42 Å². The van der Waals surface area contributed by atoms with E-state index < -0.39 is 5.91 Å². The molecule has 10 nitrogen and oxygen atoms in total. The maximum Gasteiger partial charge on any atom is 0.294 e. The number of nitrogen functional groups attached to an aromatic ring is 1. The lowest BCUT2D eigenvalue weighted by Crippen LogP contribution is -2.19. The molecule has 0 atom stereocenters. The molecule has 12 heteroatoms. The number of aromatic nitrogens is 5. The molecule has 0 bridgehead atoms. The number of hydrazone groups is 1. The van der Waals surface area contributed by atoms with Crippen LogP contribution in [0.4, 0.5) is 5.82 Å². The Labute approximate surface area is 179 Å². The zero-order valence-electron chi connectivity index (χ0n) is 15.0. The van der Waals surface area contributed by atoms with Gasteiger partial charge in [-0.2, -0.15) is 9.78 Å². The maximum absolute atomic E-state index is 12.7. The van der Waals surface area contributed by atoms with E-state index in [1.807, 2.05) is 6.07 Å². The van der Waals surface area contributed by atoms with Gasteiger partial charge in [0.2, 0.25) is 11.6 Å². The molecule has 0 radical (unpaired) electrons. The van der Waals surface area contributed by atoms with Crippen molar-refractivity contribution in [2.24, 2.45) is 5.10 Å². The molecule has 0 unspecified atom stereocenters. The van der Waals surface area contributed by atoms with Gasteiger partial charge in [0.25, 0.3) is 5.91 Å². The topological polar surface area (TPSA) is 137 Å². The minimum Gasteiger partial charge on any atom is -0.378 e. The molecule has 3 N–H and O–H groups in total. The van der Waals surface area contributed by atoms with Gasteiger partial charge in [0, 0.05) is 5.56 Å². The van der Waals surface area contributed by atoms with E-state index in [2.05, 4.69) is 35.8 Å². The zero-order valence-corrected chi connectivity index (χ0v) is 16.5. The number of nitrogens with two attached hydrogens (primary N) is 1. The second-order valence-corrected chi connectivity index (χ2v) is 6.72. The number of halogens is 2. The summed E-state index contributed by atoms with van der Waals surface area (Å²) in [5.74, 6) is -0.479. The van der Waals surface area contributed by atoms with E-state index in [1.54, 1.807) is 42.5 Å². The van der Waals surface area contributed by atoms with Gasteiger partial charge in [-0.3, -0.25) is 4.79 Å². The lowest BCUT2D eigenvalue weighted by molar-refractivity contribution is 0.0950. The van der Waals surface area contributed by atoms with Gasteiger partial charge in [-0.25, -0.2) is 10.1 Å². The first kappa shape index (κ1) is 19.6. The summed E-state index contributed by atoms with van der Waals surface area (Å²) >= 11 is 11.9. The van der Waals surface area contributed by atoms with Crippen LogP contribution in [0, 0.1) is 0 Å². The van der Waals surface area contributed by atoms with Crippen molar-refractivity contribution in [1.82, 2.24) is 30.7 Å². The molecule has 2 aromatic heterocycles. The first-order valence-electron chi connectivity index (χ1n) is 8.42. The molecule has 0 saturated heterocycles. The Hall–Kier alpha value is -3.76. The quantitative estimate of drug-likeness (QED) is 0.357. The number of nitrogens with one attached hydrogen (secondary N) is 1. The van der Waals surface area contributed by atoms with E-state index in [0.717, 1.165) is 0 Å². The molecular weight excluding hydrogens is 431 g/mol. The summed E-state index contributed by atoms with van der Waals surface area (Å²) in [6.45, 7) is 0. The van der Waals surface area contributed by atoms with Crippen LogP contribution in [0.15, 0.2) is 58.3 Å². The zero-order chi connectivity index (χ0) is 21.1. The predicted octanol–water partition coefficient (Wildman–Crippen LogP) is 2.97. The Morgan fingerprint density at radius 3 is 2.63 bits per heavy atom. The number of carbonyl (C=O) groups excluding carboxylic acids is 1. The number of hydrogen-bond donors (Lipinski definition) is 2. The summed E-state index contributed by atoms with van der Waals surface area (Å²) < 4.78 is 5.91. The van der Waals surface area contributed by atoms with Crippen LogP contribution in [0.2, 0.25) is 10.0 Å². The second kappa shape index (κ2) is 8.31. The number of hydrogen-bond acceptors (Lipinski definition) is 8. The van der Waals surface area contributed by atoms with Crippen molar-refractivity contribution in [2.75, 3.05) is 5.73 Å². The number of anilines is 1. The van der Waals surface area contributed by atoms with Crippen LogP contribution in [0.1, 0.15) is 16.1 Å². The highest BCUT2D eigenvalue weighted by atomic mass is 35.5. The molecule has 0 aliphatic carbocycles. The highest BCUT2D eigenvalue weighted by Gasteiger charge is 2.24. The molecule has 4 rings (SSSR count). The summed E-state index contributed by atoms with van der Waals surface area (Å²) in [6, 6.07) is 14.0. The smallest absolute Gasteiger partial charge is 0.294 e. The van der Waals surface area contributed by atoms with E-state index in [-0.39, 0.29) is 17.3 Å². The standard InChI is InChI=1S/C18H12Cl2N8O2/c19-12-7-6-10(8-13(12)20)9-22-24-18(29)14-15(11-4-2-1-3-5-11)28(27-23-14)17-16(21)25-30-26-17/h1-9H,(H2,21,25)(H,24,29)/b22-9-. The Kier molecular flexibility index (Phi) is 5.42. The SMILES string of the molecule is Nc1nonc1-n1nnc(C(=O)N/N=C\c2ccc(Cl)c(Cl)c2)c1-c1ccccc1. The van der Waals surface area contributed by atoms with E-state index in [9.17, 15) is 4.79 Å². The average Bonchev–Trinajstić information content (AvgIpc) is 3.37. The fraction of sp³-hybridized carbons (Fsp3) is 0. The third kappa shape index (κ3) is 3.86. The molecule has 0 aliphatic rings. The Balaban J connectivity index is 1.66. The van der Waals surface area contributed by atoms with E-state index in [1.165, 1.54) is 10.9 Å². The molecule has 0 spiro atoms. The molecule has 4 aromatic rings. The number of benzene rings is 2. The lowest BCUT2D eigenvalue weighted by atomic mass is 10.1. The van der Waals surface area contributed by atoms with Crippen molar-refractivity contribution >= 4 is 41.1 Å². The molecule has 30 heavy (non-hydrogen) atoms. The first-order chi connectivity index (χ1) is 14.5. The molecule has 150 valence electrons. The van der Waals surface area contributed by atoms with Crippen molar-refractivity contribution in [3.05, 3.63) is 69.8 Å². The highest BCUT2D eigenvalue weighted by molar-refractivity contribution is 6.42.